The van der Waals surface area contributed by atoms with Crippen molar-refractivity contribution in [3.63, 3.8) is 0 Å². The molecule has 2 nitrogen and oxygen atoms in total. The van der Waals surface area contributed by atoms with Gasteiger partial charge in [-0.1, -0.05) is 18.2 Å². The molecule has 12 heavy (non-hydrogen) atoms. The van der Waals surface area contributed by atoms with Crippen molar-refractivity contribution in [2.45, 2.75) is 38.8 Å². The summed E-state index contributed by atoms with van der Waals surface area (Å²) in [5.74, 6) is 0. The van der Waals surface area contributed by atoms with E-state index in [1.165, 1.54) is 0 Å². The van der Waals surface area contributed by atoms with Crippen molar-refractivity contribution >= 4 is 11.6 Å². The number of hydrogen-bond acceptors (Lipinski definition) is 2. The summed E-state index contributed by atoms with van der Waals surface area (Å²) in [6, 6.07) is 0. The van der Waals surface area contributed by atoms with Gasteiger partial charge in [-0.2, -0.15) is 0 Å². The topological polar surface area (TPSA) is 32.3 Å². The van der Waals surface area contributed by atoms with E-state index in [1.54, 1.807) is 13.8 Å². The first-order chi connectivity index (χ1) is 5.17. The lowest BCUT2D eigenvalue weighted by Crippen LogP contribution is -2.56. The summed E-state index contributed by atoms with van der Waals surface area (Å²) in [7, 11) is 0. The molecule has 2 N–H and O–H groups in total. The average molecular weight is 192 g/mol. The van der Waals surface area contributed by atoms with Crippen molar-refractivity contribution in [1.82, 2.24) is 5.32 Å². The van der Waals surface area contributed by atoms with E-state index in [1.807, 2.05) is 13.8 Å². The molecule has 0 heterocycles. The van der Waals surface area contributed by atoms with Crippen LogP contribution in [-0.2, 0) is 0 Å². The molecule has 0 aliphatic heterocycles. The maximum absolute atomic E-state index is 9.72. The quantitative estimate of drug-likeness (QED) is 0.712. The fraction of sp³-hybridized carbons (Fsp3) is 0.778. The summed E-state index contributed by atoms with van der Waals surface area (Å²) in [5, 5.41) is 13.4. The molecule has 72 valence electrons. The van der Waals surface area contributed by atoms with E-state index < -0.39 is 5.60 Å². The maximum atomic E-state index is 9.72. The van der Waals surface area contributed by atoms with Gasteiger partial charge >= 0.3 is 0 Å². The molecule has 0 aromatic carbocycles. The van der Waals surface area contributed by atoms with Gasteiger partial charge < -0.3 is 10.4 Å². The second-order valence-corrected chi connectivity index (χ2v) is 4.59. The zero-order valence-electron chi connectivity index (χ0n) is 8.24. The number of aliphatic hydroxyl groups is 1. The zero-order chi connectivity index (χ0) is 9.99. The van der Waals surface area contributed by atoms with E-state index in [-0.39, 0.29) is 5.54 Å². The number of hydrogen-bond donors (Lipinski definition) is 2. The van der Waals surface area contributed by atoms with Crippen molar-refractivity contribution in [3.05, 3.63) is 11.6 Å². The van der Waals surface area contributed by atoms with E-state index >= 15 is 0 Å². The largest absolute Gasteiger partial charge is 0.389 e. The Morgan fingerprint density at radius 3 is 2.08 bits per heavy atom. The molecule has 0 saturated carbocycles. The Hall–Kier alpha value is -0.0500. The third kappa shape index (κ3) is 3.57. The van der Waals surface area contributed by atoms with Crippen LogP contribution in [0.4, 0.5) is 0 Å². The molecule has 0 aromatic heterocycles. The normalized spacial score (nSPS) is 13.2. The van der Waals surface area contributed by atoms with Crippen molar-refractivity contribution in [1.29, 1.82) is 0 Å². The van der Waals surface area contributed by atoms with Crippen molar-refractivity contribution in [2.24, 2.45) is 0 Å². The molecule has 0 unspecified atom stereocenters. The summed E-state index contributed by atoms with van der Waals surface area (Å²) in [6.45, 7) is 11.4. The van der Waals surface area contributed by atoms with E-state index in [0.29, 0.717) is 11.6 Å². The van der Waals surface area contributed by atoms with Crippen molar-refractivity contribution in [2.75, 3.05) is 6.54 Å². The van der Waals surface area contributed by atoms with Gasteiger partial charge in [-0.25, -0.2) is 0 Å². The molecule has 0 rings (SSSR count). The lowest BCUT2D eigenvalue weighted by Gasteiger charge is -2.38. The molecular weight excluding hydrogens is 174 g/mol. The Balaban J connectivity index is 4.14. The minimum Gasteiger partial charge on any atom is -0.389 e. The Bertz CT molecular complexity index is 170. The number of rotatable bonds is 4. The summed E-state index contributed by atoms with van der Waals surface area (Å²) in [4.78, 5) is 0. The fourth-order valence-corrected chi connectivity index (χ4v) is 0.600. The highest BCUT2D eigenvalue weighted by Crippen LogP contribution is 2.20. The maximum Gasteiger partial charge on any atom is 0.0767 e. The molecular formula is C9H18ClNO. The second kappa shape index (κ2) is 3.77. The first-order valence-corrected chi connectivity index (χ1v) is 4.35. The van der Waals surface area contributed by atoms with Gasteiger partial charge in [0.15, 0.2) is 0 Å². The predicted molar refractivity (Wildman–Crippen MR) is 53.4 cm³/mol. The van der Waals surface area contributed by atoms with Crippen LogP contribution in [0, 0.1) is 0 Å². The van der Waals surface area contributed by atoms with Crippen LogP contribution < -0.4 is 5.32 Å². The van der Waals surface area contributed by atoms with Crippen LogP contribution in [0.3, 0.4) is 0 Å². The van der Waals surface area contributed by atoms with Crippen molar-refractivity contribution < 1.29 is 5.11 Å². The Morgan fingerprint density at radius 2 is 1.83 bits per heavy atom. The Labute approximate surface area is 79.6 Å². The average Bonchev–Trinajstić information content (AvgIpc) is 1.81. The monoisotopic (exact) mass is 191 g/mol. The lowest BCUT2D eigenvalue weighted by molar-refractivity contribution is -0.00283. The molecule has 0 amide bonds. The summed E-state index contributed by atoms with van der Waals surface area (Å²) < 4.78 is 0. The summed E-state index contributed by atoms with van der Waals surface area (Å²) in [6.07, 6.45) is 0. The van der Waals surface area contributed by atoms with Gasteiger partial charge in [0.05, 0.1) is 5.60 Å². The second-order valence-electron chi connectivity index (χ2n) is 4.05. The number of halogens is 1. The summed E-state index contributed by atoms with van der Waals surface area (Å²) >= 11 is 5.60. The van der Waals surface area contributed by atoms with Crippen LogP contribution in [0.5, 0.6) is 0 Å². The van der Waals surface area contributed by atoms with Crippen LogP contribution >= 0.6 is 11.6 Å². The fourth-order valence-electron chi connectivity index (χ4n) is 0.533. The van der Waals surface area contributed by atoms with Gasteiger partial charge in [0.25, 0.3) is 0 Å². The smallest absolute Gasteiger partial charge is 0.0767 e. The van der Waals surface area contributed by atoms with Crippen LogP contribution in [0.2, 0.25) is 0 Å². The van der Waals surface area contributed by atoms with Gasteiger partial charge in [0.1, 0.15) is 0 Å². The molecule has 3 heteroatoms. The van der Waals surface area contributed by atoms with Gasteiger partial charge in [-0.05, 0) is 27.7 Å². The molecule has 0 saturated heterocycles. The SMILES string of the molecule is C=C(Cl)CNC(C)(C)C(C)(C)O. The minimum absolute atomic E-state index is 0.370. The van der Waals surface area contributed by atoms with Gasteiger partial charge in [-0.3, -0.25) is 0 Å². The van der Waals surface area contributed by atoms with Crippen LogP contribution in [0.25, 0.3) is 0 Å². The van der Waals surface area contributed by atoms with Crippen LogP contribution in [0.1, 0.15) is 27.7 Å². The van der Waals surface area contributed by atoms with Gasteiger partial charge in [0.2, 0.25) is 0 Å². The molecule has 0 radical (unpaired) electrons. The van der Waals surface area contributed by atoms with Crippen LogP contribution in [0.15, 0.2) is 11.6 Å². The molecule has 0 aliphatic rings. The first kappa shape index (κ1) is 11.9. The highest BCUT2D eigenvalue weighted by molar-refractivity contribution is 6.29. The highest BCUT2D eigenvalue weighted by Gasteiger charge is 2.34. The van der Waals surface area contributed by atoms with Crippen LogP contribution in [-0.4, -0.2) is 22.8 Å². The Kier molecular flexibility index (Phi) is 3.76. The van der Waals surface area contributed by atoms with E-state index in [2.05, 4.69) is 11.9 Å². The minimum atomic E-state index is -0.778. The summed E-state index contributed by atoms with van der Waals surface area (Å²) in [5.41, 5.74) is -1.15. The predicted octanol–water partition coefficient (Wildman–Crippen LogP) is 1.88. The van der Waals surface area contributed by atoms with E-state index in [9.17, 15) is 5.11 Å². The number of nitrogens with one attached hydrogen (secondary N) is 1. The molecule has 0 spiro atoms. The van der Waals surface area contributed by atoms with Crippen molar-refractivity contribution in [3.8, 4) is 0 Å². The lowest BCUT2D eigenvalue weighted by atomic mass is 9.86. The molecule has 0 atom stereocenters. The highest BCUT2D eigenvalue weighted by atomic mass is 35.5. The first-order valence-electron chi connectivity index (χ1n) is 3.97. The Morgan fingerprint density at radius 1 is 1.42 bits per heavy atom. The molecule has 0 bridgehead atoms. The van der Waals surface area contributed by atoms with E-state index in [0.717, 1.165) is 0 Å². The van der Waals surface area contributed by atoms with Gasteiger partial charge in [-0.15, -0.1) is 0 Å². The van der Waals surface area contributed by atoms with E-state index in [4.69, 9.17) is 11.6 Å². The standard InChI is InChI=1S/C9H18ClNO/c1-7(10)6-11-8(2,3)9(4,5)12/h11-12H,1,6H2,2-5H3. The molecule has 0 aromatic rings. The zero-order valence-corrected chi connectivity index (χ0v) is 9.00. The van der Waals surface area contributed by atoms with Gasteiger partial charge in [0, 0.05) is 17.1 Å². The molecule has 0 aliphatic carbocycles. The third-order valence-corrected chi connectivity index (χ3v) is 2.39. The molecule has 0 fully saturated rings. The third-order valence-electron chi connectivity index (χ3n) is 2.25.